The van der Waals surface area contributed by atoms with Gasteiger partial charge in [-0.3, -0.25) is 0 Å². The third-order valence-corrected chi connectivity index (χ3v) is 5.58. The van der Waals surface area contributed by atoms with Gasteiger partial charge >= 0.3 is 113 Å². The minimum atomic E-state index is -0.217. The first-order valence-electron chi connectivity index (χ1n) is 5.81. The zero-order valence-corrected chi connectivity index (χ0v) is 11.5. The van der Waals surface area contributed by atoms with E-state index in [1.807, 2.05) is 0 Å². The second kappa shape index (κ2) is 6.94. The quantitative estimate of drug-likeness (QED) is 0.583. The molecule has 0 atom stereocenters. The Morgan fingerprint density at radius 2 is 1.24 bits per heavy atom. The van der Waals surface area contributed by atoms with Gasteiger partial charge in [0.2, 0.25) is 0 Å². The molecule has 2 heteroatoms. The minimum absolute atomic E-state index is 0.217. The van der Waals surface area contributed by atoms with E-state index in [-0.39, 0.29) is 7.92 Å². The van der Waals surface area contributed by atoms with Gasteiger partial charge in [0.05, 0.1) is 0 Å². The fraction of sp³-hybridized carbons (Fsp3) is 0.200. The van der Waals surface area contributed by atoms with Crippen molar-refractivity contribution in [3.63, 3.8) is 0 Å². The van der Waals surface area contributed by atoms with Gasteiger partial charge in [0.15, 0.2) is 0 Å². The van der Waals surface area contributed by atoms with Crippen molar-refractivity contribution in [2.45, 2.75) is 11.8 Å². The van der Waals surface area contributed by atoms with Crippen LogP contribution in [0.15, 0.2) is 60.7 Å². The van der Waals surface area contributed by atoms with Crippen LogP contribution in [0.2, 0.25) is 5.39 Å². The Kier molecular flexibility index (Phi) is 5.23. The van der Waals surface area contributed by atoms with Gasteiger partial charge in [-0.2, -0.15) is 0 Å². The summed E-state index contributed by atoms with van der Waals surface area (Å²) >= 11 is 4.80. The van der Waals surface area contributed by atoms with Crippen molar-refractivity contribution in [3.8, 4) is 0 Å². The van der Waals surface area contributed by atoms with Crippen LogP contribution in [0.3, 0.4) is 0 Å². The van der Waals surface area contributed by atoms with Crippen molar-refractivity contribution in [1.82, 2.24) is 0 Å². The first-order chi connectivity index (χ1) is 8.42. The monoisotopic (exact) mass is 285 g/mol. The molecule has 0 unspecified atom stereocenters. The summed E-state index contributed by atoms with van der Waals surface area (Å²) in [5, 5.41) is 3.82. The molecule has 0 radical (unpaired) electrons. The molecule has 0 bridgehead atoms. The first kappa shape index (κ1) is 12.8. The molecule has 0 aliphatic carbocycles. The number of hydrogen-bond donors (Lipinski definition) is 0. The summed E-state index contributed by atoms with van der Waals surface area (Å²) in [5.74, 6) is 0. The summed E-state index contributed by atoms with van der Waals surface area (Å²) in [6.45, 7) is 0. The van der Waals surface area contributed by atoms with E-state index in [0.29, 0.717) is 0 Å². The molecule has 17 heavy (non-hydrogen) atoms. The van der Waals surface area contributed by atoms with E-state index >= 15 is 0 Å². The average molecular weight is 286 g/mol. The zero-order chi connectivity index (χ0) is 11.9. The number of benzene rings is 2. The zero-order valence-electron chi connectivity index (χ0n) is 9.66. The third kappa shape index (κ3) is 3.66. The van der Waals surface area contributed by atoms with Crippen LogP contribution in [0.25, 0.3) is 0 Å². The normalized spacial score (nSPS) is 10.8. The molecule has 0 amide bonds. The van der Waals surface area contributed by atoms with E-state index in [0.717, 1.165) is 11.8 Å². The van der Waals surface area contributed by atoms with Crippen molar-refractivity contribution in [2.75, 3.05) is 6.16 Å². The molecule has 0 spiro atoms. The summed E-state index contributed by atoms with van der Waals surface area (Å²) in [5.41, 5.74) is 0. The molecule has 2 aromatic carbocycles. The van der Waals surface area contributed by atoms with Gasteiger partial charge < -0.3 is 0 Å². The van der Waals surface area contributed by atoms with Gasteiger partial charge in [-0.05, 0) is 0 Å². The van der Waals surface area contributed by atoms with Gasteiger partial charge in [0.25, 0.3) is 0 Å². The SMILES string of the molecule is [Ni][CH2]CCP(c1ccccc1)c1ccccc1. The molecular formula is C15H16NiP. The summed E-state index contributed by atoms with van der Waals surface area (Å²) < 4.78 is 0. The van der Waals surface area contributed by atoms with Crippen LogP contribution < -0.4 is 10.6 Å². The van der Waals surface area contributed by atoms with E-state index in [9.17, 15) is 0 Å². The predicted octanol–water partition coefficient (Wildman–Crippen LogP) is 3.47. The van der Waals surface area contributed by atoms with Gasteiger partial charge in [-0.1, -0.05) is 0 Å². The Labute approximate surface area is 113 Å². The van der Waals surface area contributed by atoms with Crippen LogP contribution in [0, 0.1) is 0 Å². The van der Waals surface area contributed by atoms with Crippen LogP contribution in [-0.4, -0.2) is 6.16 Å². The van der Waals surface area contributed by atoms with E-state index in [2.05, 4.69) is 60.7 Å². The summed E-state index contributed by atoms with van der Waals surface area (Å²) in [6.07, 6.45) is 2.36. The molecule has 0 aliphatic rings. The average Bonchev–Trinajstić information content (AvgIpc) is 2.42. The second-order valence-electron chi connectivity index (χ2n) is 3.83. The van der Waals surface area contributed by atoms with E-state index in [4.69, 9.17) is 15.5 Å². The molecule has 0 nitrogen and oxygen atoms in total. The fourth-order valence-electron chi connectivity index (χ4n) is 1.83. The second-order valence-corrected chi connectivity index (χ2v) is 6.66. The number of rotatable bonds is 5. The van der Waals surface area contributed by atoms with Gasteiger partial charge in [-0.15, -0.1) is 0 Å². The molecule has 0 N–H and O–H groups in total. The van der Waals surface area contributed by atoms with Crippen LogP contribution >= 0.6 is 7.92 Å². The van der Waals surface area contributed by atoms with Crippen LogP contribution in [0.1, 0.15) is 6.42 Å². The van der Waals surface area contributed by atoms with Gasteiger partial charge in [0, 0.05) is 0 Å². The van der Waals surface area contributed by atoms with Crippen LogP contribution in [0.4, 0.5) is 0 Å². The molecule has 2 aromatic rings. The Balaban J connectivity index is 2.26. The molecule has 91 valence electrons. The molecule has 0 saturated carbocycles. The maximum atomic E-state index is 4.80. The van der Waals surface area contributed by atoms with Crippen LogP contribution in [-0.2, 0) is 15.5 Å². The van der Waals surface area contributed by atoms with Crippen molar-refractivity contribution < 1.29 is 15.5 Å². The topological polar surface area (TPSA) is 0 Å². The first-order valence-corrected chi connectivity index (χ1v) is 8.03. The standard InChI is InChI=1S/C15H16P.Ni/c1-2-13-16(14-9-5-3-6-10-14)15-11-7-4-8-12-15;/h3-12H,1-2,13H2;. The van der Waals surface area contributed by atoms with Gasteiger partial charge in [-0.25, -0.2) is 0 Å². The van der Waals surface area contributed by atoms with Crippen molar-refractivity contribution in [1.29, 1.82) is 0 Å². The third-order valence-electron chi connectivity index (χ3n) is 2.63. The Hall–Kier alpha value is -0.636. The van der Waals surface area contributed by atoms with E-state index in [1.54, 1.807) is 0 Å². The number of hydrogen-bond acceptors (Lipinski definition) is 0. The molecule has 0 saturated heterocycles. The van der Waals surface area contributed by atoms with Crippen molar-refractivity contribution >= 4 is 18.5 Å². The Morgan fingerprint density at radius 1 is 0.765 bits per heavy atom. The fourth-order valence-corrected chi connectivity index (χ4v) is 4.59. The van der Waals surface area contributed by atoms with Gasteiger partial charge in [0.1, 0.15) is 0 Å². The molecule has 0 aromatic heterocycles. The summed E-state index contributed by atoms with van der Waals surface area (Å²) in [6, 6.07) is 21.6. The van der Waals surface area contributed by atoms with E-state index < -0.39 is 0 Å². The molecule has 0 heterocycles. The Morgan fingerprint density at radius 3 is 1.65 bits per heavy atom. The summed E-state index contributed by atoms with van der Waals surface area (Å²) in [7, 11) is -0.217. The molecule has 2 rings (SSSR count). The molecule has 0 fully saturated rings. The Bertz CT molecular complexity index is 388. The maximum absolute atomic E-state index is 4.80. The summed E-state index contributed by atoms with van der Waals surface area (Å²) in [4.78, 5) is 0. The van der Waals surface area contributed by atoms with E-state index in [1.165, 1.54) is 16.8 Å². The van der Waals surface area contributed by atoms with Crippen molar-refractivity contribution in [3.05, 3.63) is 60.7 Å². The van der Waals surface area contributed by atoms with Crippen LogP contribution in [0.5, 0.6) is 0 Å². The molecular weight excluding hydrogens is 270 g/mol. The van der Waals surface area contributed by atoms with Crippen molar-refractivity contribution in [2.24, 2.45) is 0 Å². The predicted molar refractivity (Wildman–Crippen MR) is 73.4 cm³/mol. The molecule has 0 aliphatic heterocycles.